The molecule has 0 aliphatic carbocycles. The lowest BCUT2D eigenvalue weighted by atomic mass is 10.1. The number of fused-ring (bicyclic) bond motifs is 1. The van der Waals surface area contributed by atoms with Gasteiger partial charge in [0.2, 0.25) is 0 Å². The van der Waals surface area contributed by atoms with Crippen LogP contribution in [0.4, 0.5) is 10.5 Å². The summed E-state index contributed by atoms with van der Waals surface area (Å²) in [7, 11) is 1.61. The maximum absolute atomic E-state index is 12.8. The monoisotopic (exact) mass is 418 g/mol. The van der Waals surface area contributed by atoms with E-state index in [0.29, 0.717) is 32.9 Å². The summed E-state index contributed by atoms with van der Waals surface area (Å²) in [6.07, 6.45) is 0. The normalized spacial score (nSPS) is 13.0. The Balaban J connectivity index is 1.38. The van der Waals surface area contributed by atoms with Crippen LogP contribution in [0.15, 0.2) is 72.8 Å². The fourth-order valence-electron chi connectivity index (χ4n) is 3.45. The maximum atomic E-state index is 12.8. The largest absolute Gasteiger partial charge is 0.497 e. The summed E-state index contributed by atoms with van der Waals surface area (Å²) < 4.78 is 16.9. The summed E-state index contributed by atoms with van der Waals surface area (Å²) in [5.74, 6) is 1.56. The highest BCUT2D eigenvalue weighted by molar-refractivity contribution is 5.89. The highest BCUT2D eigenvalue weighted by Gasteiger charge is 2.20. The van der Waals surface area contributed by atoms with Gasteiger partial charge in [-0.05, 0) is 47.5 Å². The van der Waals surface area contributed by atoms with Crippen LogP contribution in [0.1, 0.15) is 16.7 Å². The molecule has 6 heteroatoms. The van der Waals surface area contributed by atoms with E-state index in [9.17, 15) is 4.79 Å². The number of rotatable bonds is 6. The first-order valence-electron chi connectivity index (χ1n) is 10.3. The first-order valence-corrected chi connectivity index (χ1v) is 10.3. The molecule has 0 radical (unpaired) electrons. The lowest BCUT2D eigenvalue weighted by molar-refractivity contribution is 0.107. The van der Waals surface area contributed by atoms with Crippen LogP contribution >= 0.6 is 0 Å². The molecule has 0 atom stereocenters. The van der Waals surface area contributed by atoms with Gasteiger partial charge in [-0.25, -0.2) is 4.79 Å². The van der Waals surface area contributed by atoms with Crippen molar-refractivity contribution in [3.05, 3.63) is 89.5 Å². The number of amides is 2. The molecule has 0 spiro atoms. The zero-order chi connectivity index (χ0) is 21.5. The van der Waals surface area contributed by atoms with Crippen LogP contribution < -0.4 is 14.8 Å². The minimum atomic E-state index is -0.160. The average molecular weight is 418 g/mol. The van der Waals surface area contributed by atoms with Gasteiger partial charge in [0.1, 0.15) is 18.1 Å². The quantitative estimate of drug-likeness (QED) is 0.622. The van der Waals surface area contributed by atoms with E-state index < -0.39 is 0 Å². The molecule has 1 aliphatic heterocycles. The van der Waals surface area contributed by atoms with Gasteiger partial charge in [0.05, 0.1) is 33.4 Å². The first-order chi connectivity index (χ1) is 15.2. The van der Waals surface area contributed by atoms with Crippen molar-refractivity contribution in [3.8, 4) is 11.5 Å². The van der Waals surface area contributed by atoms with Crippen molar-refractivity contribution in [2.75, 3.05) is 25.6 Å². The zero-order valence-electron chi connectivity index (χ0n) is 17.5. The standard InChI is InChI=1S/C25H26N2O4/c1-29-23-10-8-22(9-11-23)26-25(28)27-13-14-31-24-12-7-20(15-21(24)16-27)18-30-17-19-5-3-2-4-6-19/h2-12,15H,13-14,16-18H2,1H3,(H,26,28). The molecular formula is C25H26N2O4. The summed E-state index contributed by atoms with van der Waals surface area (Å²) in [5.41, 5.74) is 3.89. The summed E-state index contributed by atoms with van der Waals surface area (Å²) in [6.45, 7) is 2.50. The number of carbonyl (C=O) groups is 1. The van der Waals surface area contributed by atoms with Crippen molar-refractivity contribution in [1.82, 2.24) is 4.90 Å². The van der Waals surface area contributed by atoms with E-state index in [4.69, 9.17) is 14.2 Å². The topological polar surface area (TPSA) is 60.0 Å². The molecule has 1 aliphatic rings. The second kappa shape index (κ2) is 10.00. The lowest BCUT2D eigenvalue weighted by Crippen LogP contribution is -2.36. The van der Waals surface area contributed by atoms with Gasteiger partial charge in [0.15, 0.2) is 0 Å². The molecule has 1 N–H and O–H groups in total. The lowest BCUT2D eigenvalue weighted by Gasteiger charge is -2.20. The van der Waals surface area contributed by atoms with E-state index in [1.54, 1.807) is 12.0 Å². The molecule has 0 fully saturated rings. The number of ether oxygens (including phenoxy) is 3. The van der Waals surface area contributed by atoms with Gasteiger partial charge in [-0.1, -0.05) is 36.4 Å². The van der Waals surface area contributed by atoms with Crippen molar-refractivity contribution >= 4 is 11.7 Å². The Morgan fingerprint density at radius 2 is 1.77 bits per heavy atom. The molecule has 6 nitrogen and oxygen atoms in total. The zero-order valence-corrected chi connectivity index (χ0v) is 17.5. The fraction of sp³-hybridized carbons (Fsp3) is 0.240. The van der Waals surface area contributed by atoms with Gasteiger partial charge in [-0.2, -0.15) is 0 Å². The molecule has 3 aromatic carbocycles. The number of benzene rings is 3. The van der Waals surface area contributed by atoms with E-state index in [2.05, 4.69) is 11.4 Å². The van der Waals surface area contributed by atoms with Crippen LogP contribution in [0.5, 0.6) is 11.5 Å². The number of nitrogens with one attached hydrogen (secondary N) is 1. The molecule has 0 saturated heterocycles. The first kappa shape index (κ1) is 20.8. The second-order valence-electron chi connectivity index (χ2n) is 7.35. The van der Waals surface area contributed by atoms with Crippen LogP contribution in [0.25, 0.3) is 0 Å². The van der Waals surface area contributed by atoms with E-state index in [0.717, 1.165) is 33.9 Å². The predicted octanol–water partition coefficient (Wildman–Crippen LogP) is 4.84. The van der Waals surface area contributed by atoms with Crippen molar-refractivity contribution in [1.29, 1.82) is 0 Å². The highest BCUT2D eigenvalue weighted by atomic mass is 16.5. The van der Waals surface area contributed by atoms with Gasteiger partial charge in [0.25, 0.3) is 0 Å². The van der Waals surface area contributed by atoms with Crippen LogP contribution in [-0.2, 0) is 24.5 Å². The van der Waals surface area contributed by atoms with Crippen molar-refractivity contribution < 1.29 is 19.0 Å². The molecule has 0 saturated carbocycles. The van der Waals surface area contributed by atoms with Gasteiger partial charge in [0, 0.05) is 11.3 Å². The molecule has 1 heterocycles. The molecular weight excluding hydrogens is 392 g/mol. The van der Waals surface area contributed by atoms with E-state index in [-0.39, 0.29) is 6.03 Å². The minimum absolute atomic E-state index is 0.160. The molecule has 160 valence electrons. The smallest absolute Gasteiger partial charge is 0.322 e. The van der Waals surface area contributed by atoms with Crippen molar-refractivity contribution in [2.45, 2.75) is 19.8 Å². The molecule has 0 aromatic heterocycles. The van der Waals surface area contributed by atoms with Crippen LogP contribution in [0.3, 0.4) is 0 Å². The Labute approximate surface area is 182 Å². The SMILES string of the molecule is COc1ccc(NC(=O)N2CCOc3ccc(COCc4ccccc4)cc3C2)cc1. The van der Waals surface area contributed by atoms with Crippen LogP contribution in [0, 0.1) is 0 Å². The summed E-state index contributed by atoms with van der Waals surface area (Å²) in [4.78, 5) is 14.6. The fourth-order valence-corrected chi connectivity index (χ4v) is 3.45. The Hall–Kier alpha value is -3.51. The molecule has 31 heavy (non-hydrogen) atoms. The van der Waals surface area contributed by atoms with Crippen molar-refractivity contribution in [2.24, 2.45) is 0 Å². The number of carbonyl (C=O) groups excluding carboxylic acids is 1. The molecule has 0 unspecified atom stereocenters. The van der Waals surface area contributed by atoms with Gasteiger partial charge < -0.3 is 24.4 Å². The van der Waals surface area contributed by atoms with Crippen LogP contribution in [0.2, 0.25) is 0 Å². The van der Waals surface area contributed by atoms with Gasteiger partial charge in [-0.3, -0.25) is 0 Å². The molecule has 0 bridgehead atoms. The Kier molecular flexibility index (Phi) is 6.69. The van der Waals surface area contributed by atoms with Crippen LogP contribution in [-0.4, -0.2) is 31.2 Å². The van der Waals surface area contributed by atoms with Crippen molar-refractivity contribution in [3.63, 3.8) is 0 Å². The van der Waals surface area contributed by atoms with Gasteiger partial charge in [-0.15, -0.1) is 0 Å². The summed E-state index contributed by atoms with van der Waals surface area (Å²) >= 11 is 0. The number of urea groups is 1. The number of anilines is 1. The average Bonchev–Trinajstić information content (AvgIpc) is 3.02. The number of hydrogen-bond donors (Lipinski definition) is 1. The van der Waals surface area contributed by atoms with E-state index >= 15 is 0 Å². The predicted molar refractivity (Wildman–Crippen MR) is 119 cm³/mol. The Bertz CT molecular complexity index is 1010. The molecule has 2 amide bonds. The van der Waals surface area contributed by atoms with Gasteiger partial charge >= 0.3 is 6.03 Å². The maximum Gasteiger partial charge on any atom is 0.322 e. The third-order valence-corrected chi connectivity index (χ3v) is 5.11. The van der Waals surface area contributed by atoms with E-state index in [1.807, 2.05) is 66.7 Å². The van der Waals surface area contributed by atoms with E-state index in [1.165, 1.54) is 0 Å². The Morgan fingerprint density at radius 1 is 1.00 bits per heavy atom. The summed E-state index contributed by atoms with van der Waals surface area (Å²) in [5, 5.41) is 2.94. The third-order valence-electron chi connectivity index (χ3n) is 5.11. The Morgan fingerprint density at radius 3 is 2.55 bits per heavy atom. The minimum Gasteiger partial charge on any atom is -0.497 e. The third kappa shape index (κ3) is 5.55. The number of hydrogen-bond acceptors (Lipinski definition) is 4. The molecule has 4 rings (SSSR count). The second-order valence-corrected chi connectivity index (χ2v) is 7.35. The number of nitrogens with zero attached hydrogens (tertiary/aromatic N) is 1. The number of methoxy groups -OCH3 is 1. The molecule has 3 aromatic rings. The summed E-state index contributed by atoms with van der Waals surface area (Å²) in [6, 6.07) is 23.2. The highest BCUT2D eigenvalue weighted by Crippen LogP contribution is 2.25.